The summed E-state index contributed by atoms with van der Waals surface area (Å²) in [6, 6.07) is 0. The number of ether oxygens (including phenoxy) is 1. The second-order valence-electron chi connectivity index (χ2n) is 3.05. The molecule has 0 spiro atoms. The summed E-state index contributed by atoms with van der Waals surface area (Å²) in [6.07, 6.45) is 1.65. The van der Waals surface area contributed by atoms with E-state index in [2.05, 4.69) is 0 Å². The molecule has 7 heteroatoms. The maximum absolute atomic E-state index is 11.4. The Labute approximate surface area is 80.5 Å². The van der Waals surface area contributed by atoms with Crippen LogP contribution in [0.5, 0.6) is 0 Å². The molecule has 1 saturated heterocycles. The van der Waals surface area contributed by atoms with Crippen molar-refractivity contribution in [1.29, 1.82) is 0 Å². The monoisotopic (exact) mass is 203 g/mol. The fraction of sp³-hybridized carbons (Fsp3) is 0.714. The predicted octanol–water partition coefficient (Wildman–Crippen LogP) is -1.58. The van der Waals surface area contributed by atoms with Gasteiger partial charge in [-0.1, -0.05) is 0 Å². The lowest BCUT2D eigenvalue weighted by atomic mass is 9.92. The number of hydrogen-bond donors (Lipinski definition) is 4. The third kappa shape index (κ3) is 1.69. The van der Waals surface area contributed by atoms with Crippen molar-refractivity contribution >= 4 is 11.8 Å². The Bertz CT molecular complexity index is 219. The van der Waals surface area contributed by atoms with Crippen molar-refractivity contribution in [3.05, 3.63) is 0 Å². The topological polar surface area (TPSA) is 114 Å². The molecular weight excluding hydrogens is 190 g/mol. The van der Waals surface area contributed by atoms with Gasteiger partial charge in [0.1, 0.15) is 0 Å². The quantitative estimate of drug-likeness (QED) is 0.142. The zero-order valence-electron chi connectivity index (χ0n) is 7.58. The number of nitrogens with two attached hydrogens (primary N) is 1. The highest BCUT2D eigenvalue weighted by Gasteiger charge is 2.48. The molecule has 0 aromatic rings. The molecule has 0 saturated carbocycles. The minimum absolute atomic E-state index is 0.211. The summed E-state index contributed by atoms with van der Waals surface area (Å²) in [6.45, 7) is 0.292. The molecule has 0 bridgehead atoms. The minimum Gasteiger partial charge on any atom is -0.356 e. The first-order valence-corrected chi connectivity index (χ1v) is 4.27. The van der Waals surface area contributed by atoms with Crippen LogP contribution < -0.4 is 16.7 Å². The maximum atomic E-state index is 11.4. The number of hydrazine groups is 1. The highest BCUT2D eigenvalue weighted by atomic mass is 16.5. The van der Waals surface area contributed by atoms with Gasteiger partial charge in [0, 0.05) is 6.61 Å². The Morgan fingerprint density at radius 2 is 2.07 bits per heavy atom. The predicted molar refractivity (Wildman–Crippen MR) is 44.8 cm³/mol. The second kappa shape index (κ2) is 4.36. The Kier molecular flexibility index (Phi) is 3.39. The molecule has 1 rings (SSSR count). The molecule has 1 unspecified atom stereocenters. The molecule has 0 radical (unpaired) electrons. The van der Waals surface area contributed by atoms with E-state index < -0.39 is 17.4 Å². The number of amides is 2. The molecule has 0 aromatic heterocycles. The van der Waals surface area contributed by atoms with E-state index >= 15 is 0 Å². The summed E-state index contributed by atoms with van der Waals surface area (Å²) >= 11 is 0. The number of nitrogens with one attached hydrogen (secondary N) is 2. The van der Waals surface area contributed by atoms with E-state index in [1.807, 2.05) is 5.43 Å². The van der Waals surface area contributed by atoms with Gasteiger partial charge >= 0.3 is 0 Å². The Morgan fingerprint density at radius 3 is 2.50 bits per heavy atom. The van der Waals surface area contributed by atoms with Crippen molar-refractivity contribution in [3.63, 3.8) is 0 Å². The number of carbonyl (C=O) groups is 2. The largest absolute Gasteiger partial charge is 0.356 e. The second-order valence-corrected chi connectivity index (χ2v) is 3.05. The minimum atomic E-state index is -1.68. The van der Waals surface area contributed by atoms with Crippen LogP contribution in [0.15, 0.2) is 0 Å². The smallest absolute Gasteiger partial charge is 0.285 e. The first-order valence-electron chi connectivity index (χ1n) is 4.27. The molecule has 5 N–H and O–H groups in total. The molecule has 1 fully saturated rings. The molecule has 2 amide bonds. The van der Waals surface area contributed by atoms with Crippen molar-refractivity contribution in [2.45, 2.75) is 24.9 Å². The maximum Gasteiger partial charge on any atom is 0.285 e. The van der Waals surface area contributed by atoms with Crippen LogP contribution in [0.2, 0.25) is 0 Å². The molecular formula is C7H13N3O4. The van der Waals surface area contributed by atoms with Gasteiger partial charge in [-0.25, -0.2) is 11.3 Å². The average molecular weight is 203 g/mol. The highest BCUT2D eigenvalue weighted by molar-refractivity contribution is 6.08. The summed E-state index contributed by atoms with van der Waals surface area (Å²) in [5.74, 6) is 3.30. The van der Waals surface area contributed by atoms with Crippen molar-refractivity contribution in [1.82, 2.24) is 10.9 Å². The zero-order valence-corrected chi connectivity index (χ0v) is 7.58. The van der Waals surface area contributed by atoms with Crippen LogP contribution in [0, 0.1) is 0 Å². The molecule has 7 nitrogen and oxygen atoms in total. The SMILES string of the molecule is NNC(=O)C1(C(=O)NO)CCCCO1. The van der Waals surface area contributed by atoms with Crippen LogP contribution in [-0.2, 0) is 14.3 Å². The van der Waals surface area contributed by atoms with Crippen LogP contribution in [0.3, 0.4) is 0 Å². The Balaban J connectivity index is 2.87. The van der Waals surface area contributed by atoms with Crippen LogP contribution in [0.25, 0.3) is 0 Å². The van der Waals surface area contributed by atoms with Gasteiger partial charge < -0.3 is 4.74 Å². The standard InChI is InChI=1S/C7H13N3O4/c8-9-5(11)7(6(12)10-13)3-1-2-4-14-7/h13H,1-4,8H2,(H,9,11)(H,10,12). The van der Waals surface area contributed by atoms with Gasteiger partial charge in [-0.3, -0.25) is 20.2 Å². The first-order chi connectivity index (χ1) is 6.67. The van der Waals surface area contributed by atoms with Crippen molar-refractivity contribution in [2.75, 3.05) is 6.61 Å². The van der Waals surface area contributed by atoms with E-state index in [9.17, 15) is 9.59 Å². The molecule has 14 heavy (non-hydrogen) atoms. The lowest BCUT2D eigenvalue weighted by molar-refractivity contribution is -0.172. The van der Waals surface area contributed by atoms with Crippen LogP contribution >= 0.6 is 0 Å². The van der Waals surface area contributed by atoms with Crippen molar-refractivity contribution in [2.24, 2.45) is 5.84 Å². The summed E-state index contributed by atoms with van der Waals surface area (Å²) in [5, 5.41) is 8.50. The summed E-state index contributed by atoms with van der Waals surface area (Å²) in [4.78, 5) is 22.6. The summed E-state index contributed by atoms with van der Waals surface area (Å²) in [7, 11) is 0. The van der Waals surface area contributed by atoms with Crippen molar-refractivity contribution < 1.29 is 19.5 Å². The van der Waals surface area contributed by atoms with Gasteiger partial charge in [0.15, 0.2) is 0 Å². The Morgan fingerprint density at radius 1 is 1.36 bits per heavy atom. The summed E-state index contributed by atoms with van der Waals surface area (Å²) in [5.41, 5.74) is 1.59. The molecule has 80 valence electrons. The van der Waals surface area contributed by atoms with Crippen LogP contribution in [0.1, 0.15) is 19.3 Å². The van der Waals surface area contributed by atoms with E-state index in [1.54, 1.807) is 0 Å². The molecule has 1 heterocycles. The van der Waals surface area contributed by atoms with Gasteiger partial charge in [-0.2, -0.15) is 0 Å². The van der Waals surface area contributed by atoms with E-state index in [-0.39, 0.29) is 6.42 Å². The first kappa shape index (κ1) is 10.9. The fourth-order valence-corrected chi connectivity index (χ4v) is 1.46. The molecule has 1 atom stereocenters. The van der Waals surface area contributed by atoms with Gasteiger partial charge in [0.05, 0.1) is 0 Å². The normalized spacial score (nSPS) is 26.7. The fourth-order valence-electron chi connectivity index (χ4n) is 1.46. The third-order valence-electron chi connectivity index (χ3n) is 2.24. The summed E-state index contributed by atoms with van der Waals surface area (Å²) < 4.78 is 5.11. The Hall–Kier alpha value is -1.18. The zero-order chi connectivity index (χ0) is 10.6. The molecule has 0 aromatic carbocycles. The van der Waals surface area contributed by atoms with Gasteiger partial charge in [0.25, 0.3) is 11.8 Å². The van der Waals surface area contributed by atoms with Gasteiger partial charge in [-0.05, 0) is 19.3 Å². The lowest BCUT2D eigenvalue weighted by Crippen LogP contribution is -2.60. The van der Waals surface area contributed by atoms with E-state index in [0.29, 0.717) is 13.0 Å². The number of hydroxylamine groups is 1. The average Bonchev–Trinajstić information content (AvgIpc) is 2.27. The van der Waals surface area contributed by atoms with Crippen LogP contribution in [-0.4, -0.2) is 29.2 Å². The van der Waals surface area contributed by atoms with E-state index in [0.717, 1.165) is 6.42 Å². The number of rotatable bonds is 2. The van der Waals surface area contributed by atoms with Gasteiger partial charge in [-0.15, -0.1) is 0 Å². The molecule has 0 aliphatic carbocycles. The number of hydrogen-bond acceptors (Lipinski definition) is 5. The third-order valence-corrected chi connectivity index (χ3v) is 2.24. The highest BCUT2D eigenvalue weighted by Crippen LogP contribution is 2.25. The van der Waals surface area contributed by atoms with E-state index in [4.69, 9.17) is 15.8 Å². The van der Waals surface area contributed by atoms with Crippen molar-refractivity contribution in [3.8, 4) is 0 Å². The van der Waals surface area contributed by atoms with Gasteiger partial charge in [0.2, 0.25) is 5.60 Å². The lowest BCUT2D eigenvalue weighted by Gasteiger charge is -2.32. The van der Waals surface area contributed by atoms with Crippen LogP contribution in [0.4, 0.5) is 0 Å². The molecule has 1 aliphatic heterocycles. The number of carbonyl (C=O) groups excluding carboxylic acids is 2. The van der Waals surface area contributed by atoms with E-state index in [1.165, 1.54) is 5.48 Å². The molecule has 1 aliphatic rings.